The lowest BCUT2D eigenvalue weighted by molar-refractivity contribution is 0.601. The fourth-order valence-electron chi connectivity index (χ4n) is 1.76. The third-order valence-corrected chi connectivity index (χ3v) is 4.93. The highest BCUT2D eigenvalue weighted by atomic mass is 35.5. The average molecular weight is 346 g/mol. The van der Waals surface area contributed by atoms with Crippen molar-refractivity contribution in [1.82, 2.24) is 4.98 Å². The Balaban J connectivity index is 2.43. The highest BCUT2D eigenvalue weighted by molar-refractivity contribution is 7.92. The summed E-state index contributed by atoms with van der Waals surface area (Å²) >= 11 is 11.7. The van der Waals surface area contributed by atoms with Gasteiger partial charge in [0.1, 0.15) is 5.15 Å². The standard InChI is InChI=1S/C13H13Cl2N3O2S/c1-7-5-9(6-10(16)13(7)15)21(19,20)18-11-3-4-12(14)17-8(11)2/h3-6,18H,16H2,1-2H3. The van der Waals surface area contributed by atoms with Gasteiger partial charge >= 0.3 is 0 Å². The first-order valence-electron chi connectivity index (χ1n) is 5.92. The quantitative estimate of drug-likeness (QED) is 0.659. The third-order valence-electron chi connectivity index (χ3n) is 2.86. The minimum Gasteiger partial charge on any atom is -0.397 e. The number of hydrogen-bond acceptors (Lipinski definition) is 4. The molecule has 5 nitrogen and oxygen atoms in total. The predicted octanol–water partition coefficient (Wildman–Crippen LogP) is 3.39. The molecule has 0 saturated carbocycles. The number of rotatable bonds is 3. The number of nitrogens with one attached hydrogen (secondary N) is 1. The summed E-state index contributed by atoms with van der Waals surface area (Å²) in [6.45, 7) is 3.35. The van der Waals surface area contributed by atoms with E-state index in [1.807, 2.05) is 0 Å². The van der Waals surface area contributed by atoms with E-state index in [0.717, 1.165) is 0 Å². The van der Waals surface area contributed by atoms with E-state index in [4.69, 9.17) is 28.9 Å². The van der Waals surface area contributed by atoms with E-state index in [9.17, 15) is 8.42 Å². The Labute approximate surface area is 133 Å². The molecule has 0 unspecified atom stereocenters. The van der Waals surface area contributed by atoms with Crippen LogP contribution in [-0.4, -0.2) is 13.4 Å². The van der Waals surface area contributed by atoms with Crippen LogP contribution in [0.2, 0.25) is 10.2 Å². The van der Waals surface area contributed by atoms with Crippen LogP contribution in [0, 0.1) is 13.8 Å². The lowest BCUT2D eigenvalue weighted by Gasteiger charge is -2.12. The van der Waals surface area contributed by atoms with Gasteiger partial charge in [0.05, 0.1) is 27.0 Å². The molecule has 21 heavy (non-hydrogen) atoms. The number of aromatic nitrogens is 1. The summed E-state index contributed by atoms with van der Waals surface area (Å²) < 4.78 is 27.2. The molecule has 2 aromatic rings. The maximum atomic E-state index is 12.4. The van der Waals surface area contributed by atoms with Crippen LogP contribution in [0.3, 0.4) is 0 Å². The molecule has 0 atom stereocenters. The normalized spacial score (nSPS) is 11.4. The number of nitrogen functional groups attached to an aromatic ring is 1. The van der Waals surface area contributed by atoms with Gasteiger partial charge in [-0.25, -0.2) is 13.4 Å². The Morgan fingerprint density at radius 1 is 1.19 bits per heavy atom. The molecule has 0 aliphatic heterocycles. The van der Waals surface area contributed by atoms with Crippen LogP contribution in [-0.2, 0) is 10.0 Å². The minimum absolute atomic E-state index is 0.0382. The SMILES string of the molecule is Cc1cc(S(=O)(=O)Nc2ccc(Cl)nc2C)cc(N)c1Cl. The van der Waals surface area contributed by atoms with Gasteiger partial charge in [-0.05, 0) is 43.7 Å². The number of halogens is 2. The highest BCUT2D eigenvalue weighted by Gasteiger charge is 2.18. The van der Waals surface area contributed by atoms with E-state index in [0.29, 0.717) is 27.1 Å². The molecule has 1 aromatic heterocycles. The Hall–Kier alpha value is -1.50. The van der Waals surface area contributed by atoms with Crippen LogP contribution in [0.1, 0.15) is 11.3 Å². The van der Waals surface area contributed by atoms with Crippen molar-refractivity contribution in [2.24, 2.45) is 0 Å². The maximum Gasteiger partial charge on any atom is 0.262 e. The predicted molar refractivity (Wildman–Crippen MR) is 85.4 cm³/mol. The van der Waals surface area contributed by atoms with Crippen molar-refractivity contribution < 1.29 is 8.42 Å². The largest absolute Gasteiger partial charge is 0.397 e. The van der Waals surface area contributed by atoms with E-state index in [1.54, 1.807) is 19.9 Å². The number of aryl methyl sites for hydroxylation is 2. The van der Waals surface area contributed by atoms with Gasteiger partial charge in [-0.1, -0.05) is 23.2 Å². The van der Waals surface area contributed by atoms with Crippen LogP contribution >= 0.6 is 23.2 Å². The number of sulfonamides is 1. The summed E-state index contributed by atoms with van der Waals surface area (Å²) in [5.74, 6) is 0. The molecule has 0 aliphatic rings. The first kappa shape index (κ1) is 15.9. The molecule has 0 amide bonds. The summed E-state index contributed by atoms with van der Waals surface area (Å²) in [6.07, 6.45) is 0. The first-order valence-corrected chi connectivity index (χ1v) is 8.16. The summed E-state index contributed by atoms with van der Waals surface area (Å²) in [5.41, 5.74) is 7.33. The molecule has 3 N–H and O–H groups in total. The molecule has 8 heteroatoms. The van der Waals surface area contributed by atoms with Crippen LogP contribution in [0.5, 0.6) is 0 Å². The van der Waals surface area contributed by atoms with Crippen molar-refractivity contribution in [3.63, 3.8) is 0 Å². The molecule has 0 aliphatic carbocycles. The summed E-state index contributed by atoms with van der Waals surface area (Å²) in [5, 5.41) is 0.639. The van der Waals surface area contributed by atoms with Gasteiger partial charge in [0, 0.05) is 0 Å². The second kappa shape index (κ2) is 5.71. The fourth-order valence-corrected chi connectivity index (χ4v) is 3.30. The second-order valence-electron chi connectivity index (χ2n) is 4.52. The Morgan fingerprint density at radius 2 is 1.86 bits per heavy atom. The van der Waals surface area contributed by atoms with Crippen LogP contribution in [0.25, 0.3) is 0 Å². The molecule has 0 bridgehead atoms. The molecular weight excluding hydrogens is 333 g/mol. The fraction of sp³-hybridized carbons (Fsp3) is 0.154. The van der Waals surface area contributed by atoms with Crippen molar-refractivity contribution in [3.8, 4) is 0 Å². The molecule has 0 radical (unpaired) electrons. The van der Waals surface area contributed by atoms with E-state index in [2.05, 4.69) is 9.71 Å². The zero-order valence-electron chi connectivity index (χ0n) is 11.3. The van der Waals surface area contributed by atoms with Gasteiger partial charge in [0.15, 0.2) is 0 Å². The van der Waals surface area contributed by atoms with Gasteiger partial charge in [-0.15, -0.1) is 0 Å². The molecular formula is C13H13Cl2N3O2S. The van der Waals surface area contributed by atoms with Crippen molar-refractivity contribution in [3.05, 3.63) is 45.7 Å². The van der Waals surface area contributed by atoms with E-state index < -0.39 is 10.0 Å². The number of anilines is 2. The monoisotopic (exact) mass is 345 g/mol. The summed E-state index contributed by atoms with van der Waals surface area (Å²) in [6, 6.07) is 5.83. The highest BCUT2D eigenvalue weighted by Crippen LogP contribution is 2.28. The van der Waals surface area contributed by atoms with Gasteiger partial charge in [0.2, 0.25) is 0 Å². The maximum absolute atomic E-state index is 12.4. The topological polar surface area (TPSA) is 85.1 Å². The molecule has 112 valence electrons. The molecule has 2 rings (SSSR count). The Bertz CT molecular complexity index is 784. The van der Waals surface area contributed by atoms with Crippen LogP contribution in [0.4, 0.5) is 11.4 Å². The van der Waals surface area contributed by atoms with Crippen LogP contribution in [0.15, 0.2) is 29.2 Å². The van der Waals surface area contributed by atoms with Gasteiger partial charge in [-0.2, -0.15) is 0 Å². The van der Waals surface area contributed by atoms with Crippen molar-refractivity contribution in [2.75, 3.05) is 10.5 Å². The van der Waals surface area contributed by atoms with Crippen molar-refractivity contribution in [1.29, 1.82) is 0 Å². The van der Waals surface area contributed by atoms with Crippen molar-refractivity contribution in [2.45, 2.75) is 18.7 Å². The third kappa shape index (κ3) is 3.40. The zero-order chi connectivity index (χ0) is 15.8. The molecule has 1 heterocycles. The second-order valence-corrected chi connectivity index (χ2v) is 6.96. The Morgan fingerprint density at radius 3 is 2.43 bits per heavy atom. The number of hydrogen-bond donors (Lipinski definition) is 2. The summed E-state index contributed by atoms with van der Waals surface area (Å²) in [7, 11) is -3.78. The smallest absolute Gasteiger partial charge is 0.262 e. The Kier molecular flexibility index (Phi) is 4.32. The van der Waals surface area contributed by atoms with E-state index in [-0.39, 0.29) is 10.6 Å². The number of nitrogens with two attached hydrogens (primary N) is 1. The minimum atomic E-state index is -3.78. The van der Waals surface area contributed by atoms with Crippen molar-refractivity contribution >= 4 is 44.6 Å². The number of benzene rings is 1. The lowest BCUT2D eigenvalue weighted by atomic mass is 10.2. The lowest BCUT2D eigenvalue weighted by Crippen LogP contribution is -2.15. The van der Waals surface area contributed by atoms with Gasteiger partial charge in [0.25, 0.3) is 10.0 Å². The molecule has 0 spiro atoms. The van der Waals surface area contributed by atoms with Gasteiger partial charge in [-0.3, -0.25) is 4.72 Å². The van der Waals surface area contributed by atoms with E-state index in [1.165, 1.54) is 18.2 Å². The summed E-state index contributed by atoms with van der Waals surface area (Å²) in [4.78, 5) is 4.03. The average Bonchev–Trinajstić information content (AvgIpc) is 2.38. The number of pyridine rings is 1. The molecule has 0 fully saturated rings. The molecule has 1 aromatic carbocycles. The van der Waals surface area contributed by atoms with Crippen LogP contribution < -0.4 is 10.5 Å². The number of nitrogens with zero attached hydrogens (tertiary/aromatic N) is 1. The first-order chi connectivity index (χ1) is 9.70. The van der Waals surface area contributed by atoms with Gasteiger partial charge < -0.3 is 5.73 Å². The zero-order valence-corrected chi connectivity index (χ0v) is 13.6. The van der Waals surface area contributed by atoms with E-state index >= 15 is 0 Å². The molecule has 0 saturated heterocycles.